The molecule has 3 N–H and O–H groups in total. The van der Waals surface area contributed by atoms with E-state index in [2.05, 4.69) is 10.6 Å². The molecule has 0 aromatic heterocycles. The van der Waals surface area contributed by atoms with Gasteiger partial charge in [-0.3, -0.25) is 19.3 Å². The average Bonchev–Trinajstić information content (AvgIpc) is 3.20. The number of amides is 3. The molecule has 32 heavy (non-hydrogen) atoms. The number of alkyl halides is 3. The van der Waals surface area contributed by atoms with Gasteiger partial charge in [0.05, 0.1) is 23.8 Å². The van der Waals surface area contributed by atoms with E-state index in [-0.39, 0.29) is 12.1 Å². The van der Waals surface area contributed by atoms with Gasteiger partial charge in [0.2, 0.25) is 11.8 Å². The van der Waals surface area contributed by atoms with Gasteiger partial charge in [-0.1, -0.05) is 30.3 Å². The van der Waals surface area contributed by atoms with E-state index in [4.69, 9.17) is 0 Å². The maximum Gasteiger partial charge on any atom is 0.405 e. The second kappa shape index (κ2) is 10.3. The summed E-state index contributed by atoms with van der Waals surface area (Å²) >= 11 is 0. The lowest BCUT2D eigenvalue weighted by Crippen LogP contribution is -2.48. The van der Waals surface area contributed by atoms with Gasteiger partial charge in [-0.2, -0.15) is 13.2 Å². The first-order valence-corrected chi connectivity index (χ1v) is 10.1. The Kier molecular flexibility index (Phi) is 7.47. The Morgan fingerprint density at radius 2 is 1.66 bits per heavy atom. The highest BCUT2D eigenvalue weighted by atomic mass is 19.4. The van der Waals surface area contributed by atoms with Crippen molar-refractivity contribution in [3.8, 4) is 0 Å². The summed E-state index contributed by atoms with van der Waals surface area (Å²) in [4.78, 5) is 38.9. The van der Waals surface area contributed by atoms with Gasteiger partial charge >= 0.3 is 6.18 Å². The molecule has 1 aliphatic rings. The summed E-state index contributed by atoms with van der Waals surface area (Å²) in [5.41, 5.74) is 1.15. The first-order valence-electron chi connectivity index (χ1n) is 10.1. The number of halogens is 3. The van der Waals surface area contributed by atoms with Crippen LogP contribution < -0.4 is 16.0 Å². The number of likely N-dealkylation sites (tertiary alicyclic amines) is 1. The lowest BCUT2D eigenvalue weighted by molar-refractivity contribution is -0.141. The predicted octanol–water partition coefficient (Wildman–Crippen LogP) is 3.02. The number of carbonyl (C=O) groups is 3. The number of hydrogen-bond acceptors (Lipinski definition) is 4. The molecule has 0 bridgehead atoms. The van der Waals surface area contributed by atoms with Crippen molar-refractivity contribution in [3.05, 3.63) is 60.2 Å². The van der Waals surface area contributed by atoms with Crippen molar-refractivity contribution in [1.29, 1.82) is 0 Å². The van der Waals surface area contributed by atoms with Crippen LogP contribution in [0.25, 0.3) is 0 Å². The van der Waals surface area contributed by atoms with E-state index >= 15 is 0 Å². The molecule has 3 rings (SSSR count). The van der Waals surface area contributed by atoms with E-state index in [1.807, 2.05) is 11.4 Å². The summed E-state index contributed by atoms with van der Waals surface area (Å²) < 4.78 is 37.1. The summed E-state index contributed by atoms with van der Waals surface area (Å²) in [7, 11) is 0. The fourth-order valence-corrected chi connectivity index (χ4v) is 3.50. The van der Waals surface area contributed by atoms with Gasteiger partial charge in [0.15, 0.2) is 0 Å². The molecule has 170 valence electrons. The van der Waals surface area contributed by atoms with Crippen molar-refractivity contribution in [3.63, 3.8) is 0 Å². The summed E-state index contributed by atoms with van der Waals surface area (Å²) in [5.74, 6) is -1.63. The summed E-state index contributed by atoms with van der Waals surface area (Å²) in [6.07, 6.45) is -3.54. The molecule has 1 atom stereocenters. The van der Waals surface area contributed by atoms with Gasteiger partial charge in [-0.05, 0) is 43.7 Å². The zero-order chi connectivity index (χ0) is 23.1. The summed E-state index contributed by atoms with van der Waals surface area (Å²) in [6, 6.07) is 14.5. The highest BCUT2D eigenvalue weighted by molar-refractivity contribution is 6.10. The van der Waals surface area contributed by atoms with E-state index in [0.29, 0.717) is 30.8 Å². The fourth-order valence-electron chi connectivity index (χ4n) is 3.50. The quantitative estimate of drug-likeness (QED) is 0.608. The maximum absolute atomic E-state index is 12.6. The molecule has 2 aromatic rings. The molecule has 0 saturated carbocycles. The van der Waals surface area contributed by atoms with E-state index < -0.39 is 36.5 Å². The van der Waals surface area contributed by atoms with Crippen molar-refractivity contribution < 1.29 is 27.6 Å². The third-order valence-corrected chi connectivity index (χ3v) is 4.95. The van der Waals surface area contributed by atoms with Crippen LogP contribution in [0.3, 0.4) is 0 Å². The lowest BCUT2D eigenvalue weighted by Gasteiger charge is -2.23. The Balaban J connectivity index is 1.61. The van der Waals surface area contributed by atoms with Crippen molar-refractivity contribution in [2.75, 3.05) is 30.3 Å². The molecule has 1 fully saturated rings. The van der Waals surface area contributed by atoms with Crippen LogP contribution in [0.2, 0.25) is 0 Å². The maximum atomic E-state index is 12.6. The molecule has 0 aliphatic carbocycles. The Hall–Kier alpha value is -3.40. The number of hydrogen-bond donors (Lipinski definition) is 3. The molecule has 1 aliphatic heterocycles. The number of nitrogens with zero attached hydrogens (tertiary/aromatic N) is 1. The molecular formula is C22H23F3N4O3. The van der Waals surface area contributed by atoms with Crippen LogP contribution in [-0.2, 0) is 9.59 Å². The summed E-state index contributed by atoms with van der Waals surface area (Å²) in [5, 5.41) is 7.29. The van der Waals surface area contributed by atoms with Gasteiger partial charge in [0, 0.05) is 5.69 Å². The van der Waals surface area contributed by atoms with Gasteiger partial charge < -0.3 is 16.0 Å². The zero-order valence-corrected chi connectivity index (χ0v) is 17.1. The highest BCUT2D eigenvalue weighted by Gasteiger charge is 2.34. The van der Waals surface area contributed by atoms with Crippen LogP contribution >= 0.6 is 0 Å². The van der Waals surface area contributed by atoms with Crippen LogP contribution in [0.15, 0.2) is 54.6 Å². The molecule has 0 radical (unpaired) electrons. The molecule has 7 nitrogen and oxygen atoms in total. The molecule has 1 unspecified atom stereocenters. The molecule has 0 spiro atoms. The predicted molar refractivity (Wildman–Crippen MR) is 113 cm³/mol. The fraction of sp³-hybridized carbons (Fsp3) is 0.318. The Morgan fingerprint density at radius 3 is 2.38 bits per heavy atom. The zero-order valence-electron chi connectivity index (χ0n) is 17.1. The smallest absolute Gasteiger partial charge is 0.346 e. The number of nitrogens with one attached hydrogen (secondary N) is 3. The minimum atomic E-state index is -4.50. The van der Waals surface area contributed by atoms with Crippen molar-refractivity contribution in [1.82, 2.24) is 10.2 Å². The minimum absolute atomic E-state index is 0.182. The summed E-state index contributed by atoms with van der Waals surface area (Å²) in [6.45, 7) is -1.18. The van der Waals surface area contributed by atoms with Crippen LogP contribution in [0.4, 0.5) is 24.5 Å². The van der Waals surface area contributed by atoms with Crippen LogP contribution in [-0.4, -0.2) is 54.5 Å². The van der Waals surface area contributed by atoms with Gasteiger partial charge in [-0.25, -0.2) is 0 Å². The van der Waals surface area contributed by atoms with E-state index in [1.54, 1.807) is 48.5 Å². The molecule has 10 heteroatoms. The average molecular weight is 448 g/mol. The van der Waals surface area contributed by atoms with Gasteiger partial charge in [0.25, 0.3) is 5.91 Å². The number of para-hydroxylation sites is 2. The van der Waals surface area contributed by atoms with Crippen LogP contribution in [0, 0.1) is 0 Å². The lowest BCUT2D eigenvalue weighted by atomic mass is 10.1. The second-order valence-electron chi connectivity index (χ2n) is 7.38. The minimum Gasteiger partial charge on any atom is -0.346 e. The topological polar surface area (TPSA) is 90.5 Å². The molecule has 3 amide bonds. The Labute approximate surface area is 183 Å². The number of benzene rings is 2. The highest BCUT2D eigenvalue weighted by Crippen LogP contribution is 2.20. The van der Waals surface area contributed by atoms with Crippen LogP contribution in [0.1, 0.15) is 23.2 Å². The third-order valence-electron chi connectivity index (χ3n) is 4.95. The van der Waals surface area contributed by atoms with Gasteiger partial charge in [0.1, 0.15) is 6.54 Å². The van der Waals surface area contributed by atoms with E-state index in [0.717, 1.165) is 0 Å². The normalized spacial score (nSPS) is 16.4. The van der Waals surface area contributed by atoms with Crippen LogP contribution in [0.5, 0.6) is 0 Å². The molecular weight excluding hydrogens is 425 g/mol. The van der Waals surface area contributed by atoms with Crippen molar-refractivity contribution >= 4 is 29.1 Å². The van der Waals surface area contributed by atoms with Crippen molar-refractivity contribution in [2.45, 2.75) is 25.1 Å². The Morgan fingerprint density at radius 1 is 0.969 bits per heavy atom. The molecule has 1 saturated heterocycles. The molecule has 1 heterocycles. The number of anilines is 2. The standard InChI is InChI=1S/C22H23F3N4O3/c23-22(24,25)14-26-21(32)18-11-6-12-29(18)13-19(30)28-17-10-5-4-9-16(17)20(31)27-15-7-2-1-3-8-15/h1-5,7-10,18H,6,11-14H2,(H,26,32)(H,27,31)(H,28,30). The van der Waals surface area contributed by atoms with Crippen molar-refractivity contribution in [2.24, 2.45) is 0 Å². The number of rotatable bonds is 7. The molecule has 2 aromatic carbocycles. The Bertz CT molecular complexity index is 966. The van der Waals surface area contributed by atoms with E-state index in [9.17, 15) is 27.6 Å². The first kappa shape index (κ1) is 23.3. The third kappa shape index (κ3) is 6.55. The monoisotopic (exact) mass is 448 g/mol. The van der Waals surface area contributed by atoms with Gasteiger partial charge in [-0.15, -0.1) is 0 Å². The van der Waals surface area contributed by atoms with E-state index in [1.165, 1.54) is 4.90 Å². The number of carbonyl (C=O) groups excluding carboxylic acids is 3. The SMILES string of the molecule is O=C(CN1CCCC1C(=O)NCC(F)(F)F)Nc1ccccc1C(=O)Nc1ccccc1. The first-order chi connectivity index (χ1) is 15.2. The second-order valence-corrected chi connectivity index (χ2v) is 7.38. The largest absolute Gasteiger partial charge is 0.405 e.